The number of pyridine rings is 2. The number of aromatic nitrogens is 4. The molecule has 0 aliphatic rings. The molecule has 0 spiro atoms. The van der Waals surface area contributed by atoms with Gasteiger partial charge in [0.1, 0.15) is 23.9 Å². The van der Waals surface area contributed by atoms with E-state index in [0.717, 1.165) is 39.8 Å². The second-order valence-corrected chi connectivity index (χ2v) is 9.93. The molecule has 186 valence electrons. The van der Waals surface area contributed by atoms with E-state index in [2.05, 4.69) is 30.7 Å². The zero-order valence-electron chi connectivity index (χ0n) is 21.9. The highest BCUT2D eigenvalue weighted by atomic mass is 16.5. The molecule has 0 aliphatic carbocycles. The lowest BCUT2D eigenvalue weighted by Gasteiger charge is -2.18. The van der Waals surface area contributed by atoms with Crippen LogP contribution in [0.3, 0.4) is 0 Å². The van der Waals surface area contributed by atoms with Gasteiger partial charge < -0.3 is 9.47 Å². The molecule has 36 heavy (non-hydrogen) atoms. The fourth-order valence-corrected chi connectivity index (χ4v) is 3.93. The SMILES string of the molecule is COc1cccc(COc2cc(C)n(-c3cc(-c4ccnc(C(C)(C)C)n4)ncc3C)c(=O)c2C)c1. The van der Waals surface area contributed by atoms with Gasteiger partial charge in [0.15, 0.2) is 0 Å². The summed E-state index contributed by atoms with van der Waals surface area (Å²) in [7, 11) is 1.63. The van der Waals surface area contributed by atoms with Gasteiger partial charge in [-0.05, 0) is 56.2 Å². The van der Waals surface area contributed by atoms with Gasteiger partial charge in [-0.15, -0.1) is 0 Å². The summed E-state index contributed by atoms with van der Waals surface area (Å²) >= 11 is 0. The van der Waals surface area contributed by atoms with Crippen LogP contribution in [-0.4, -0.2) is 26.6 Å². The Labute approximate surface area is 211 Å². The Balaban J connectivity index is 1.71. The van der Waals surface area contributed by atoms with E-state index in [1.165, 1.54) is 0 Å². The fourth-order valence-electron chi connectivity index (χ4n) is 3.93. The maximum Gasteiger partial charge on any atom is 0.261 e. The molecule has 7 nitrogen and oxygen atoms in total. The Bertz CT molecular complexity index is 1470. The van der Waals surface area contributed by atoms with E-state index < -0.39 is 0 Å². The molecule has 4 rings (SSSR count). The number of hydrogen-bond acceptors (Lipinski definition) is 6. The number of hydrogen-bond donors (Lipinski definition) is 0. The summed E-state index contributed by atoms with van der Waals surface area (Å²) < 4.78 is 13.0. The van der Waals surface area contributed by atoms with Gasteiger partial charge in [0, 0.05) is 29.6 Å². The summed E-state index contributed by atoms with van der Waals surface area (Å²) in [5.74, 6) is 2.07. The molecule has 0 radical (unpaired) electrons. The minimum Gasteiger partial charge on any atom is -0.497 e. The van der Waals surface area contributed by atoms with E-state index in [1.54, 1.807) is 31.0 Å². The topological polar surface area (TPSA) is 79.1 Å². The average molecular weight is 485 g/mol. The molecule has 0 saturated carbocycles. The van der Waals surface area contributed by atoms with Crippen molar-refractivity contribution in [2.24, 2.45) is 0 Å². The molecule has 0 N–H and O–H groups in total. The third-order valence-electron chi connectivity index (χ3n) is 6.02. The van der Waals surface area contributed by atoms with Crippen molar-refractivity contribution in [3.63, 3.8) is 0 Å². The van der Waals surface area contributed by atoms with Crippen LogP contribution in [0.1, 0.15) is 49.0 Å². The number of aryl methyl sites for hydroxylation is 2. The lowest BCUT2D eigenvalue weighted by molar-refractivity contribution is 0.301. The van der Waals surface area contributed by atoms with Crippen LogP contribution in [0.2, 0.25) is 0 Å². The smallest absolute Gasteiger partial charge is 0.261 e. The Morgan fingerprint density at radius 3 is 2.47 bits per heavy atom. The Morgan fingerprint density at radius 2 is 1.75 bits per heavy atom. The first kappa shape index (κ1) is 25.1. The Kier molecular flexibility index (Phi) is 6.93. The predicted octanol–water partition coefficient (Wildman–Crippen LogP) is 5.50. The maximum atomic E-state index is 13.5. The summed E-state index contributed by atoms with van der Waals surface area (Å²) in [6.45, 7) is 12.2. The van der Waals surface area contributed by atoms with E-state index in [-0.39, 0.29) is 11.0 Å². The van der Waals surface area contributed by atoms with Crippen molar-refractivity contribution >= 4 is 0 Å². The lowest BCUT2D eigenvalue weighted by atomic mass is 9.95. The van der Waals surface area contributed by atoms with Crippen molar-refractivity contribution in [2.45, 2.75) is 53.6 Å². The zero-order valence-corrected chi connectivity index (χ0v) is 21.9. The molecule has 4 aromatic rings. The van der Waals surface area contributed by atoms with Crippen molar-refractivity contribution in [3.8, 4) is 28.6 Å². The maximum absolute atomic E-state index is 13.5. The molecular formula is C29H32N4O3. The van der Waals surface area contributed by atoms with E-state index in [1.807, 2.05) is 56.3 Å². The summed E-state index contributed by atoms with van der Waals surface area (Å²) in [5.41, 5.74) is 5.01. The lowest BCUT2D eigenvalue weighted by Crippen LogP contribution is -2.24. The van der Waals surface area contributed by atoms with E-state index in [4.69, 9.17) is 14.5 Å². The van der Waals surface area contributed by atoms with Crippen molar-refractivity contribution in [1.29, 1.82) is 0 Å². The van der Waals surface area contributed by atoms with Crippen molar-refractivity contribution in [2.75, 3.05) is 7.11 Å². The zero-order chi connectivity index (χ0) is 26.0. The summed E-state index contributed by atoms with van der Waals surface area (Å²) in [5, 5.41) is 0. The van der Waals surface area contributed by atoms with Gasteiger partial charge in [0.25, 0.3) is 5.56 Å². The van der Waals surface area contributed by atoms with Gasteiger partial charge in [0.2, 0.25) is 0 Å². The molecule has 0 amide bonds. The number of rotatable bonds is 6. The molecule has 0 fully saturated rings. The fraction of sp³-hybridized carbons (Fsp3) is 0.310. The molecule has 7 heteroatoms. The quantitative estimate of drug-likeness (QED) is 0.360. The van der Waals surface area contributed by atoms with Crippen LogP contribution in [0.15, 0.2) is 59.7 Å². The second kappa shape index (κ2) is 9.93. The first-order valence-corrected chi connectivity index (χ1v) is 11.9. The van der Waals surface area contributed by atoms with Crippen molar-refractivity contribution in [3.05, 3.63) is 93.4 Å². The molecule has 1 aromatic carbocycles. The van der Waals surface area contributed by atoms with Crippen LogP contribution in [-0.2, 0) is 12.0 Å². The van der Waals surface area contributed by atoms with Crippen LogP contribution < -0.4 is 15.0 Å². The van der Waals surface area contributed by atoms with Gasteiger partial charge >= 0.3 is 0 Å². The van der Waals surface area contributed by atoms with Crippen molar-refractivity contribution in [1.82, 2.24) is 19.5 Å². The summed E-state index contributed by atoms with van der Waals surface area (Å²) in [6, 6.07) is 13.3. The van der Waals surface area contributed by atoms with Crippen LogP contribution >= 0.6 is 0 Å². The highest BCUT2D eigenvalue weighted by Gasteiger charge is 2.19. The largest absolute Gasteiger partial charge is 0.497 e. The van der Waals surface area contributed by atoms with Crippen LogP contribution in [0.5, 0.6) is 11.5 Å². The first-order chi connectivity index (χ1) is 17.1. The average Bonchev–Trinajstić information content (AvgIpc) is 2.86. The van der Waals surface area contributed by atoms with Gasteiger partial charge in [-0.1, -0.05) is 32.9 Å². The summed E-state index contributed by atoms with van der Waals surface area (Å²) in [4.78, 5) is 27.3. The minimum atomic E-state index is -0.186. The van der Waals surface area contributed by atoms with Crippen LogP contribution in [0.4, 0.5) is 0 Å². The normalized spacial score (nSPS) is 11.4. The minimum absolute atomic E-state index is 0.131. The molecule has 3 heterocycles. The highest BCUT2D eigenvalue weighted by molar-refractivity contribution is 5.59. The summed E-state index contributed by atoms with van der Waals surface area (Å²) in [6.07, 6.45) is 3.53. The predicted molar refractivity (Wildman–Crippen MR) is 141 cm³/mol. The molecule has 3 aromatic heterocycles. The standard InChI is InChI=1S/C29H32N4O3/c1-18-16-31-24(23-11-12-30-28(32-23)29(4,5)6)15-25(18)33-19(2)13-26(20(3)27(33)34)36-17-21-9-8-10-22(14-21)35-7/h8-16H,17H2,1-7H3. The van der Waals surface area contributed by atoms with Crippen molar-refractivity contribution < 1.29 is 9.47 Å². The molecule has 0 atom stereocenters. The van der Waals surface area contributed by atoms with Gasteiger partial charge in [-0.3, -0.25) is 14.3 Å². The number of nitrogens with zero attached hydrogens (tertiary/aromatic N) is 4. The number of methoxy groups -OCH3 is 1. The van der Waals surface area contributed by atoms with E-state index in [0.29, 0.717) is 23.6 Å². The Morgan fingerprint density at radius 1 is 0.972 bits per heavy atom. The molecular weight excluding hydrogens is 452 g/mol. The van der Waals surface area contributed by atoms with E-state index in [9.17, 15) is 4.79 Å². The third kappa shape index (κ3) is 5.15. The molecule has 0 saturated heterocycles. The second-order valence-electron chi connectivity index (χ2n) is 9.93. The van der Waals surface area contributed by atoms with Crippen LogP contribution in [0, 0.1) is 20.8 Å². The van der Waals surface area contributed by atoms with Gasteiger partial charge in [-0.2, -0.15) is 0 Å². The van der Waals surface area contributed by atoms with Crippen LogP contribution in [0.25, 0.3) is 17.1 Å². The number of ether oxygens (including phenoxy) is 2. The van der Waals surface area contributed by atoms with E-state index >= 15 is 0 Å². The molecule has 0 unspecified atom stereocenters. The first-order valence-electron chi connectivity index (χ1n) is 11.9. The number of benzene rings is 1. The highest BCUT2D eigenvalue weighted by Crippen LogP contribution is 2.26. The third-order valence-corrected chi connectivity index (χ3v) is 6.02. The molecule has 0 aliphatic heterocycles. The monoisotopic (exact) mass is 484 g/mol. The molecule has 0 bridgehead atoms. The van der Waals surface area contributed by atoms with Gasteiger partial charge in [0.05, 0.1) is 29.7 Å². The van der Waals surface area contributed by atoms with Gasteiger partial charge in [-0.25, -0.2) is 9.97 Å². The Hall–Kier alpha value is -4.00.